The second-order valence-corrected chi connectivity index (χ2v) is 2.03. The van der Waals surface area contributed by atoms with Gasteiger partial charge in [0.15, 0.2) is 0 Å². The lowest BCUT2D eigenvalue weighted by Crippen LogP contribution is -1.98. The van der Waals surface area contributed by atoms with Crippen molar-refractivity contribution in [3.63, 3.8) is 0 Å². The maximum atomic E-state index is 10.1. The van der Waals surface area contributed by atoms with Crippen molar-refractivity contribution in [1.29, 1.82) is 0 Å². The van der Waals surface area contributed by atoms with Gasteiger partial charge in [-0.2, -0.15) is 0 Å². The van der Waals surface area contributed by atoms with E-state index in [4.69, 9.17) is 0 Å². The Balaban J connectivity index is 4.19. The van der Waals surface area contributed by atoms with Gasteiger partial charge in [-0.3, -0.25) is 0 Å². The van der Waals surface area contributed by atoms with Crippen molar-refractivity contribution in [2.75, 3.05) is 0 Å². The molecule has 0 rings (SSSR count). The summed E-state index contributed by atoms with van der Waals surface area (Å²) < 4.78 is 0. The van der Waals surface area contributed by atoms with Gasteiger partial charge in [0, 0.05) is 17.9 Å². The van der Waals surface area contributed by atoms with Crippen molar-refractivity contribution in [3.05, 3.63) is 18.2 Å². The first-order valence-corrected chi connectivity index (χ1v) is 3.04. The molecule has 0 N–H and O–H groups in total. The number of rotatable bonds is 4. The third-order valence-electron chi connectivity index (χ3n) is 1.35. The highest BCUT2D eigenvalue weighted by atomic mass is 16.1. The molecule has 1 atom stereocenters. The number of hydrogen-bond acceptors (Lipinski definition) is 2. The molecule has 0 aromatic carbocycles. The summed E-state index contributed by atoms with van der Waals surface area (Å²) in [5, 5.41) is 0. The summed E-state index contributed by atoms with van der Waals surface area (Å²) in [6.45, 7) is 5.13. The molecule has 0 aliphatic rings. The normalized spacial score (nSPS) is 11.3. The smallest absolute Gasteiger partial charge is 0.123 e. The van der Waals surface area contributed by atoms with E-state index < -0.39 is 0 Å². The van der Waals surface area contributed by atoms with Crippen molar-refractivity contribution in [2.45, 2.75) is 13.3 Å². The van der Waals surface area contributed by atoms with Crippen LogP contribution >= 0.6 is 0 Å². The van der Waals surface area contributed by atoms with Crippen LogP contribution in [0.3, 0.4) is 0 Å². The van der Waals surface area contributed by atoms with Gasteiger partial charge in [-0.1, -0.05) is 6.08 Å². The third kappa shape index (κ3) is 2.42. The molecule has 0 saturated heterocycles. The van der Waals surface area contributed by atoms with Gasteiger partial charge >= 0.3 is 0 Å². The fraction of sp³-hybridized carbons (Fsp3) is 0.375. The molecular formula is C8H10O2. The topological polar surface area (TPSA) is 34.1 Å². The molecule has 0 aliphatic carbocycles. The van der Waals surface area contributed by atoms with Crippen molar-refractivity contribution in [2.24, 2.45) is 5.92 Å². The zero-order chi connectivity index (χ0) is 7.98. The summed E-state index contributed by atoms with van der Waals surface area (Å²) in [7, 11) is 0. The van der Waals surface area contributed by atoms with Crippen LogP contribution in [0.4, 0.5) is 0 Å². The lowest BCUT2D eigenvalue weighted by atomic mass is 9.99. The van der Waals surface area contributed by atoms with Gasteiger partial charge in [0.2, 0.25) is 0 Å². The maximum Gasteiger partial charge on any atom is 0.123 e. The Morgan fingerprint density at radius 1 is 1.80 bits per heavy atom. The Bertz CT molecular complexity index is 176. The molecule has 0 aromatic rings. The Morgan fingerprint density at radius 3 is 2.70 bits per heavy atom. The van der Waals surface area contributed by atoms with Crippen molar-refractivity contribution < 1.29 is 9.59 Å². The fourth-order valence-corrected chi connectivity index (χ4v) is 0.629. The van der Waals surface area contributed by atoms with E-state index in [0.29, 0.717) is 12.0 Å². The fourth-order valence-electron chi connectivity index (χ4n) is 0.629. The van der Waals surface area contributed by atoms with Crippen LogP contribution in [0, 0.1) is 5.92 Å². The minimum atomic E-state index is -0.130. The molecule has 2 heteroatoms. The molecule has 54 valence electrons. The number of carbonyl (C=O) groups is 1. The monoisotopic (exact) mass is 138 g/mol. The van der Waals surface area contributed by atoms with Crippen LogP contribution in [0.2, 0.25) is 0 Å². The first-order valence-electron chi connectivity index (χ1n) is 3.04. The van der Waals surface area contributed by atoms with E-state index in [1.807, 2.05) is 0 Å². The van der Waals surface area contributed by atoms with Gasteiger partial charge in [0.1, 0.15) is 12.2 Å². The van der Waals surface area contributed by atoms with Crippen LogP contribution < -0.4 is 0 Å². The molecule has 0 fully saturated rings. The van der Waals surface area contributed by atoms with Crippen LogP contribution in [0.1, 0.15) is 13.3 Å². The molecule has 0 amide bonds. The summed E-state index contributed by atoms with van der Waals surface area (Å²) >= 11 is 0. The predicted octanol–water partition coefficient (Wildman–Crippen LogP) is 1.16. The van der Waals surface area contributed by atoms with Gasteiger partial charge in [-0.15, -0.1) is 6.58 Å². The molecule has 1 unspecified atom stereocenters. The van der Waals surface area contributed by atoms with E-state index in [1.54, 1.807) is 18.9 Å². The lowest BCUT2D eigenvalue weighted by molar-refractivity contribution is -0.108. The standard InChI is InChI=1S/C8H10O2/c1-3-8(4-5-9)7(2)6-10/h3,5,8H,1,4H2,2H3. The van der Waals surface area contributed by atoms with E-state index >= 15 is 0 Å². The average molecular weight is 138 g/mol. The molecule has 0 heterocycles. The SMILES string of the molecule is C=CC(CC=O)C(C)=C=O. The summed E-state index contributed by atoms with van der Waals surface area (Å²) in [6, 6.07) is 0. The highest BCUT2D eigenvalue weighted by molar-refractivity contribution is 5.57. The molecule has 0 aliphatic heterocycles. The lowest BCUT2D eigenvalue weighted by Gasteiger charge is -2.03. The van der Waals surface area contributed by atoms with Crippen molar-refractivity contribution >= 4 is 12.2 Å². The first kappa shape index (κ1) is 8.86. The van der Waals surface area contributed by atoms with Crippen LogP contribution in [-0.4, -0.2) is 12.2 Å². The number of hydrogen-bond donors (Lipinski definition) is 0. The summed E-state index contributed by atoms with van der Waals surface area (Å²) in [6.07, 6.45) is 2.67. The Kier molecular flexibility index (Phi) is 4.17. The highest BCUT2D eigenvalue weighted by Crippen LogP contribution is 2.10. The first-order chi connectivity index (χ1) is 4.76. The van der Waals surface area contributed by atoms with Gasteiger partial charge in [0.05, 0.1) is 0 Å². The second-order valence-electron chi connectivity index (χ2n) is 2.03. The Hall–Kier alpha value is -1.14. The van der Waals surface area contributed by atoms with Crippen LogP contribution in [0.25, 0.3) is 0 Å². The predicted molar refractivity (Wildman–Crippen MR) is 39.2 cm³/mol. The third-order valence-corrected chi connectivity index (χ3v) is 1.35. The van der Waals surface area contributed by atoms with E-state index in [-0.39, 0.29) is 5.92 Å². The summed E-state index contributed by atoms with van der Waals surface area (Å²) in [5.74, 6) is 1.61. The van der Waals surface area contributed by atoms with Gasteiger partial charge < -0.3 is 4.79 Å². The Morgan fingerprint density at radius 2 is 2.40 bits per heavy atom. The van der Waals surface area contributed by atoms with E-state index in [1.165, 1.54) is 0 Å². The average Bonchev–Trinajstić information content (AvgIpc) is 1.99. The summed E-state index contributed by atoms with van der Waals surface area (Å²) in [5.41, 5.74) is 0.530. The maximum absolute atomic E-state index is 10.1. The highest BCUT2D eigenvalue weighted by Gasteiger charge is 2.04. The molecular weight excluding hydrogens is 128 g/mol. The van der Waals surface area contributed by atoms with Crippen molar-refractivity contribution in [1.82, 2.24) is 0 Å². The molecule has 10 heavy (non-hydrogen) atoms. The van der Waals surface area contributed by atoms with E-state index in [0.717, 1.165) is 6.29 Å². The molecule has 0 spiro atoms. The molecule has 0 bridgehead atoms. The minimum Gasteiger partial charge on any atom is -0.303 e. The number of aldehydes is 1. The minimum absolute atomic E-state index is 0.130. The number of allylic oxidation sites excluding steroid dienone is 2. The van der Waals surface area contributed by atoms with E-state index in [9.17, 15) is 9.59 Å². The Labute approximate surface area is 60.2 Å². The molecule has 2 nitrogen and oxygen atoms in total. The molecule has 0 radical (unpaired) electrons. The second kappa shape index (κ2) is 4.71. The van der Waals surface area contributed by atoms with E-state index in [2.05, 4.69) is 6.58 Å². The summed E-state index contributed by atoms with van der Waals surface area (Å²) in [4.78, 5) is 20.1. The number of carbonyl (C=O) groups excluding carboxylic acids is 2. The van der Waals surface area contributed by atoms with Crippen LogP contribution in [0.15, 0.2) is 18.2 Å². The van der Waals surface area contributed by atoms with Gasteiger partial charge in [0.25, 0.3) is 0 Å². The van der Waals surface area contributed by atoms with Gasteiger partial charge in [-0.05, 0) is 6.92 Å². The quantitative estimate of drug-likeness (QED) is 0.332. The van der Waals surface area contributed by atoms with Gasteiger partial charge in [-0.25, -0.2) is 4.79 Å². The van der Waals surface area contributed by atoms with Crippen molar-refractivity contribution in [3.8, 4) is 0 Å². The van der Waals surface area contributed by atoms with Crippen LogP contribution in [-0.2, 0) is 9.59 Å². The zero-order valence-electron chi connectivity index (χ0n) is 5.96. The largest absolute Gasteiger partial charge is 0.303 e. The molecule has 0 saturated carbocycles. The zero-order valence-corrected chi connectivity index (χ0v) is 5.96. The molecule has 0 aromatic heterocycles. The van der Waals surface area contributed by atoms with Crippen LogP contribution in [0.5, 0.6) is 0 Å².